The monoisotopic (exact) mass is 473 g/mol. The molecule has 0 aliphatic carbocycles. The number of hydrogen-bond acceptors (Lipinski definition) is 9. The van der Waals surface area contributed by atoms with Gasteiger partial charge in [0.05, 0.1) is 6.04 Å². The van der Waals surface area contributed by atoms with Crippen molar-refractivity contribution in [1.82, 2.24) is 24.8 Å². The van der Waals surface area contributed by atoms with Gasteiger partial charge in [0.25, 0.3) is 0 Å². The molecule has 0 saturated carbocycles. The molecule has 182 valence electrons. The van der Waals surface area contributed by atoms with E-state index in [0.29, 0.717) is 32.5 Å². The lowest BCUT2D eigenvalue weighted by Gasteiger charge is -2.31. The van der Waals surface area contributed by atoms with Gasteiger partial charge in [-0.15, -0.1) is 13.2 Å². The van der Waals surface area contributed by atoms with Crippen LogP contribution in [0.25, 0.3) is 0 Å². The maximum atomic E-state index is 12.9. The zero-order chi connectivity index (χ0) is 24.0. The normalized spacial score (nSPS) is 16.7. The quantitative estimate of drug-likeness (QED) is 0.298. The molecule has 3 rings (SSSR count). The molecule has 0 spiro atoms. The zero-order valence-corrected chi connectivity index (χ0v) is 18.3. The van der Waals surface area contributed by atoms with Crippen LogP contribution < -0.4 is 15.0 Å². The van der Waals surface area contributed by atoms with Crippen LogP contribution >= 0.6 is 0 Å². The number of nitro groups is 1. The van der Waals surface area contributed by atoms with Crippen molar-refractivity contribution in [3.8, 4) is 6.01 Å². The predicted octanol–water partition coefficient (Wildman–Crippen LogP) is 3.01. The van der Waals surface area contributed by atoms with Crippen molar-refractivity contribution < 1.29 is 27.6 Å². The van der Waals surface area contributed by atoms with Gasteiger partial charge < -0.3 is 25.1 Å². The summed E-state index contributed by atoms with van der Waals surface area (Å²) in [5, 5.41) is 14.1. The zero-order valence-electron chi connectivity index (χ0n) is 18.3. The van der Waals surface area contributed by atoms with Crippen molar-refractivity contribution in [1.29, 1.82) is 0 Å². The summed E-state index contributed by atoms with van der Waals surface area (Å²) in [7, 11) is 0. The van der Waals surface area contributed by atoms with E-state index >= 15 is 0 Å². The number of hydrogen-bond donors (Lipinski definition) is 1. The lowest BCUT2D eigenvalue weighted by Crippen LogP contribution is -2.42. The van der Waals surface area contributed by atoms with Crippen LogP contribution in [-0.2, 0) is 17.8 Å². The Bertz CT molecular complexity index is 923. The minimum Gasteiger partial charge on any atom is -0.444 e. The highest BCUT2D eigenvalue weighted by molar-refractivity contribution is 5.31. The van der Waals surface area contributed by atoms with Gasteiger partial charge in [-0.05, 0) is 17.8 Å². The van der Waals surface area contributed by atoms with Crippen LogP contribution in [0.2, 0.25) is 0 Å². The highest BCUT2D eigenvalue weighted by atomic mass is 19.4. The van der Waals surface area contributed by atoms with Gasteiger partial charge in [-0.3, -0.25) is 9.30 Å². The molecule has 11 nitrogen and oxygen atoms in total. The molecule has 0 saturated heterocycles. The molecule has 3 heterocycles. The van der Waals surface area contributed by atoms with Gasteiger partial charge in [0, 0.05) is 42.6 Å². The van der Waals surface area contributed by atoms with E-state index in [1.165, 1.54) is 11.1 Å². The lowest BCUT2D eigenvalue weighted by atomic mass is 10.2. The number of alkyl halides is 3. The molecule has 33 heavy (non-hydrogen) atoms. The number of ether oxygens (including phenoxy) is 2. The second kappa shape index (κ2) is 10.7. The van der Waals surface area contributed by atoms with Gasteiger partial charge in [0.15, 0.2) is 0 Å². The fraction of sp³-hybridized carbons (Fsp3) is 0.632. The van der Waals surface area contributed by atoms with Crippen molar-refractivity contribution in [2.24, 2.45) is 0 Å². The van der Waals surface area contributed by atoms with Gasteiger partial charge in [-0.1, -0.05) is 20.3 Å². The first-order chi connectivity index (χ1) is 15.7. The Labute approximate surface area is 188 Å². The average molecular weight is 473 g/mol. The van der Waals surface area contributed by atoms with Gasteiger partial charge in [0.1, 0.15) is 19.0 Å². The number of nitrogens with one attached hydrogen (secondary N) is 1. The van der Waals surface area contributed by atoms with E-state index in [9.17, 15) is 23.3 Å². The molecule has 2 atom stereocenters. The lowest BCUT2D eigenvalue weighted by molar-refractivity contribution is -0.389. The summed E-state index contributed by atoms with van der Waals surface area (Å²) >= 11 is 0. The summed E-state index contributed by atoms with van der Waals surface area (Å²) in [5.41, 5.74) is 0.724. The van der Waals surface area contributed by atoms with E-state index in [2.05, 4.69) is 25.0 Å². The number of halogens is 3. The molecule has 0 bridgehead atoms. The molecule has 0 radical (unpaired) electrons. The van der Waals surface area contributed by atoms with E-state index in [0.717, 1.165) is 5.56 Å². The van der Waals surface area contributed by atoms with Crippen molar-refractivity contribution in [3.05, 3.63) is 34.3 Å². The summed E-state index contributed by atoms with van der Waals surface area (Å²) in [5.74, 6) is -0.109. The summed E-state index contributed by atoms with van der Waals surface area (Å²) in [6.07, 6.45) is -0.253. The number of nitrogens with zero attached hydrogens (tertiary/aromatic N) is 6. The summed E-state index contributed by atoms with van der Waals surface area (Å²) < 4.78 is 50.0. The highest BCUT2D eigenvalue weighted by Crippen LogP contribution is 2.25. The third kappa shape index (κ3) is 6.74. The molecule has 0 aromatic carbocycles. The van der Waals surface area contributed by atoms with E-state index < -0.39 is 17.5 Å². The maximum absolute atomic E-state index is 12.9. The van der Waals surface area contributed by atoms with Gasteiger partial charge in [-0.2, -0.15) is 0 Å². The molecule has 1 unspecified atom stereocenters. The molecule has 1 aliphatic rings. The third-order valence-electron chi connectivity index (χ3n) is 4.91. The summed E-state index contributed by atoms with van der Waals surface area (Å²) in [6, 6.07) is 0.0721. The first-order valence-corrected chi connectivity index (χ1v) is 10.6. The molecule has 2 aromatic heterocycles. The maximum Gasteiger partial charge on any atom is 0.524 e. The van der Waals surface area contributed by atoms with Gasteiger partial charge in [-0.25, -0.2) is 9.97 Å². The Morgan fingerprint density at radius 1 is 1.36 bits per heavy atom. The minimum atomic E-state index is -4.76. The van der Waals surface area contributed by atoms with Crippen LogP contribution in [0.3, 0.4) is 0 Å². The molecule has 14 heteroatoms. The number of imidazole rings is 1. The molecule has 0 fully saturated rings. The first kappa shape index (κ1) is 24.6. The van der Waals surface area contributed by atoms with Crippen LogP contribution in [0.1, 0.15) is 38.7 Å². The van der Waals surface area contributed by atoms with Crippen LogP contribution in [0.4, 0.5) is 24.9 Å². The largest absolute Gasteiger partial charge is 0.524 e. The second-order valence-electron chi connectivity index (χ2n) is 7.57. The third-order valence-corrected chi connectivity index (χ3v) is 4.91. The Balaban J connectivity index is 1.61. The van der Waals surface area contributed by atoms with Crippen LogP contribution in [0.5, 0.6) is 6.01 Å². The summed E-state index contributed by atoms with van der Waals surface area (Å²) in [6.45, 7) is 5.06. The number of aromatic nitrogens is 4. The summed E-state index contributed by atoms with van der Waals surface area (Å²) in [4.78, 5) is 24.0. The topological polar surface area (TPSA) is 120 Å². The molecule has 1 N–H and O–H groups in total. The predicted molar refractivity (Wildman–Crippen MR) is 111 cm³/mol. The average Bonchev–Trinajstić information content (AvgIpc) is 3.19. The number of rotatable bonds is 11. The fourth-order valence-corrected chi connectivity index (χ4v) is 3.45. The Kier molecular flexibility index (Phi) is 8.02. The Morgan fingerprint density at radius 3 is 2.70 bits per heavy atom. The van der Waals surface area contributed by atoms with Gasteiger partial charge in [0.2, 0.25) is 5.95 Å². The SMILES string of the molecule is CCCC(OC(F)(F)F)N(CCC)c1ncc(CN[C@@H]2COc3nc([N+](=O)[O-])cn3C2)cn1. The van der Waals surface area contributed by atoms with Gasteiger partial charge >= 0.3 is 18.2 Å². The second-order valence-corrected chi connectivity index (χ2v) is 7.57. The fourth-order valence-electron chi connectivity index (χ4n) is 3.45. The van der Waals surface area contributed by atoms with Crippen LogP contribution in [0.15, 0.2) is 18.6 Å². The molecular formula is C19H26F3N7O4. The van der Waals surface area contributed by atoms with E-state index in [4.69, 9.17) is 4.74 Å². The Morgan fingerprint density at radius 2 is 2.09 bits per heavy atom. The number of anilines is 1. The number of fused-ring (bicyclic) bond motifs is 1. The highest BCUT2D eigenvalue weighted by Gasteiger charge is 2.36. The van der Waals surface area contributed by atoms with E-state index in [-0.39, 0.29) is 36.8 Å². The van der Waals surface area contributed by atoms with Crippen LogP contribution in [-0.4, -0.2) is 56.2 Å². The van der Waals surface area contributed by atoms with Crippen LogP contribution in [0, 0.1) is 10.1 Å². The molecular weight excluding hydrogens is 447 g/mol. The van der Waals surface area contributed by atoms with E-state index in [1.807, 2.05) is 6.92 Å². The van der Waals surface area contributed by atoms with Crippen molar-refractivity contribution in [2.75, 3.05) is 18.1 Å². The standard InChI is InChI=1S/C19H26F3N7O4/c1-3-5-16(33-19(20,21)22)28(6-4-2)17-24-8-13(9-25-17)7-23-14-10-27-11-15(29(30)31)26-18(27)32-12-14/h8-9,11,14,16,23H,3-7,10,12H2,1-2H3/t14-,16?/m0/s1. The molecule has 2 aromatic rings. The van der Waals surface area contributed by atoms with Crippen molar-refractivity contribution in [3.63, 3.8) is 0 Å². The van der Waals surface area contributed by atoms with Crippen molar-refractivity contribution >= 4 is 11.8 Å². The van der Waals surface area contributed by atoms with Crippen molar-refractivity contribution in [2.45, 2.75) is 64.8 Å². The Hall–Kier alpha value is -3.00. The minimum absolute atomic E-state index is 0.128. The molecule has 1 aliphatic heterocycles. The first-order valence-electron chi connectivity index (χ1n) is 10.6. The molecule has 0 amide bonds. The van der Waals surface area contributed by atoms with E-state index in [1.54, 1.807) is 23.9 Å². The smallest absolute Gasteiger partial charge is 0.444 e.